The van der Waals surface area contributed by atoms with Crippen molar-refractivity contribution < 1.29 is 14.3 Å². The van der Waals surface area contributed by atoms with E-state index in [9.17, 15) is 4.79 Å². The third-order valence-corrected chi connectivity index (χ3v) is 2.44. The fourth-order valence-electron chi connectivity index (χ4n) is 1.65. The van der Waals surface area contributed by atoms with Gasteiger partial charge >= 0.3 is 5.97 Å². The van der Waals surface area contributed by atoms with Gasteiger partial charge in [-0.25, -0.2) is 4.79 Å². The number of hydrogen-bond donors (Lipinski definition) is 0. The second-order valence-electron chi connectivity index (χ2n) is 5.01. The molecule has 0 aliphatic rings. The SMILES string of the molecule is CCOC(=O)COc1ccc(N=NN(C)CC(C)C)cc1. The molecule has 0 atom stereocenters. The van der Waals surface area contributed by atoms with Crippen LogP contribution < -0.4 is 4.74 Å². The van der Waals surface area contributed by atoms with Gasteiger partial charge in [0.05, 0.1) is 12.3 Å². The summed E-state index contributed by atoms with van der Waals surface area (Å²) < 4.78 is 10.1. The van der Waals surface area contributed by atoms with Gasteiger partial charge in [0.1, 0.15) is 5.75 Å². The van der Waals surface area contributed by atoms with Gasteiger partial charge in [0.2, 0.25) is 0 Å². The van der Waals surface area contributed by atoms with Crippen LogP contribution in [0, 0.1) is 5.92 Å². The fraction of sp³-hybridized carbons (Fsp3) is 0.533. The molecular weight excluding hydrogens is 270 g/mol. The monoisotopic (exact) mass is 293 g/mol. The van der Waals surface area contributed by atoms with Crippen LogP contribution in [0.4, 0.5) is 5.69 Å². The molecule has 116 valence electrons. The lowest BCUT2D eigenvalue weighted by Gasteiger charge is -2.13. The van der Waals surface area contributed by atoms with Crippen LogP contribution in [0.25, 0.3) is 0 Å². The Labute approximate surface area is 125 Å². The number of ether oxygens (including phenoxy) is 2. The van der Waals surface area contributed by atoms with Gasteiger partial charge in [-0.1, -0.05) is 19.1 Å². The summed E-state index contributed by atoms with van der Waals surface area (Å²) in [6.45, 7) is 7.12. The van der Waals surface area contributed by atoms with Crippen molar-refractivity contribution in [2.75, 3.05) is 26.8 Å². The molecule has 0 unspecified atom stereocenters. The van der Waals surface area contributed by atoms with Crippen LogP contribution in [0.5, 0.6) is 5.75 Å². The van der Waals surface area contributed by atoms with Crippen molar-refractivity contribution in [2.24, 2.45) is 16.3 Å². The maximum Gasteiger partial charge on any atom is 0.344 e. The number of rotatable bonds is 8. The van der Waals surface area contributed by atoms with Crippen LogP contribution in [0.15, 0.2) is 34.6 Å². The molecule has 0 radical (unpaired) electrons. The number of nitrogens with zero attached hydrogens (tertiary/aromatic N) is 3. The maximum absolute atomic E-state index is 11.2. The third kappa shape index (κ3) is 7.29. The van der Waals surface area contributed by atoms with E-state index in [1.54, 1.807) is 36.2 Å². The minimum atomic E-state index is -0.378. The number of carbonyl (C=O) groups excluding carboxylic acids is 1. The Kier molecular flexibility index (Phi) is 7.21. The molecule has 0 saturated carbocycles. The summed E-state index contributed by atoms with van der Waals surface area (Å²) in [5, 5.41) is 10.0. The molecule has 0 amide bonds. The minimum Gasteiger partial charge on any atom is -0.482 e. The van der Waals surface area contributed by atoms with Crippen molar-refractivity contribution in [2.45, 2.75) is 20.8 Å². The molecule has 0 aliphatic heterocycles. The number of esters is 1. The van der Waals surface area contributed by atoms with E-state index in [0.717, 1.165) is 12.2 Å². The van der Waals surface area contributed by atoms with E-state index in [-0.39, 0.29) is 12.6 Å². The van der Waals surface area contributed by atoms with Crippen LogP contribution in [-0.4, -0.2) is 37.8 Å². The molecular formula is C15H23N3O3. The van der Waals surface area contributed by atoms with Crippen LogP contribution in [0.3, 0.4) is 0 Å². The van der Waals surface area contributed by atoms with Gasteiger partial charge < -0.3 is 9.47 Å². The molecule has 0 saturated heterocycles. The van der Waals surface area contributed by atoms with Gasteiger partial charge in [-0.2, -0.15) is 0 Å². The molecule has 1 rings (SSSR count). The Morgan fingerprint density at radius 3 is 2.52 bits per heavy atom. The largest absolute Gasteiger partial charge is 0.482 e. The molecule has 21 heavy (non-hydrogen) atoms. The fourth-order valence-corrected chi connectivity index (χ4v) is 1.65. The number of hydrogen-bond acceptors (Lipinski definition) is 5. The first-order valence-corrected chi connectivity index (χ1v) is 7.02. The predicted octanol–water partition coefficient (Wildman–Crippen LogP) is 3.22. The molecule has 0 heterocycles. The molecule has 6 nitrogen and oxygen atoms in total. The Morgan fingerprint density at radius 1 is 1.29 bits per heavy atom. The zero-order valence-electron chi connectivity index (χ0n) is 13.1. The summed E-state index contributed by atoms with van der Waals surface area (Å²) in [5.74, 6) is 0.752. The zero-order chi connectivity index (χ0) is 15.7. The summed E-state index contributed by atoms with van der Waals surface area (Å²) in [6.07, 6.45) is 0. The summed E-state index contributed by atoms with van der Waals surface area (Å²) in [5.41, 5.74) is 0.731. The van der Waals surface area contributed by atoms with E-state index in [4.69, 9.17) is 9.47 Å². The predicted molar refractivity (Wildman–Crippen MR) is 80.6 cm³/mol. The highest BCUT2D eigenvalue weighted by Gasteiger charge is 2.03. The van der Waals surface area contributed by atoms with E-state index in [1.165, 1.54) is 0 Å². The molecule has 0 spiro atoms. The third-order valence-electron chi connectivity index (χ3n) is 2.44. The number of benzene rings is 1. The van der Waals surface area contributed by atoms with E-state index >= 15 is 0 Å². The molecule has 0 aromatic heterocycles. The average molecular weight is 293 g/mol. The van der Waals surface area contributed by atoms with Gasteiger partial charge in [0.25, 0.3) is 0 Å². The molecule has 0 N–H and O–H groups in total. The first kappa shape index (κ1) is 16.9. The Balaban J connectivity index is 2.46. The maximum atomic E-state index is 11.2. The lowest BCUT2D eigenvalue weighted by atomic mass is 10.2. The highest BCUT2D eigenvalue weighted by molar-refractivity contribution is 5.71. The van der Waals surface area contributed by atoms with Crippen molar-refractivity contribution >= 4 is 11.7 Å². The smallest absolute Gasteiger partial charge is 0.344 e. The normalized spacial score (nSPS) is 10.9. The van der Waals surface area contributed by atoms with E-state index in [2.05, 4.69) is 24.2 Å². The van der Waals surface area contributed by atoms with Crippen LogP contribution in [-0.2, 0) is 9.53 Å². The highest BCUT2D eigenvalue weighted by atomic mass is 16.6. The van der Waals surface area contributed by atoms with E-state index in [1.807, 2.05) is 7.05 Å². The second-order valence-corrected chi connectivity index (χ2v) is 5.01. The molecule has 1 aromatic rings. The van der Waals surface area contributed by atoms with Crippen molar-refractivity contribution in [3.63, 3.8) is 0 Å². The number of carbonyl (C=O) groups is 1. The van der Waals surface area contributed by atoms with Crippen LogP contribution in [0.1, 0.15) is 20.8 Å². The Hall–Kier alpha value is -2.11. The summed E-state index contributed by atoms with van der Waals surface area (Å²) >= 11 is 0. The van der Waals surface area contributed by atoms with Gasteiger partial charge in [-0.3, -0.25) is 5.01 Å². The topological polar surface area (TPSA) is 63.5 Å². The van der Waals surface area contributed by atoms with E-state index in [0.29, 0.717) is 18.3 Å². The van der Waals surface area contributed by atoms with E-state index < -0.39 is 0 Å². The Bertz CT molecular complexity index is 458. The highest BCUT2D eigenvalue weighted by Crippen LogP contribution is 2.18. The van der Waals surface area contributed by atoms with Gasteiger partial charge in [-0.15, -0.1) is 5.11 Å². The zero-order valence-corrected chi connectivity index (χ0v) is 13.1. The van der Waals surface area contributed by atoms with Crippen molar-refractivity contribution in [3.8, 4) is 5.75 Å². The summed E-state index contributed by atoms with van der Waals surface area (Å²) in [4.78, 5) is 11.2. The lowest BCUT2D eigenvalue weighted by Crippen LogP contribution is -2.16. The second kappa shape index (κ2) is 8.94. The van der Waals surface area contributed by atoms with Crippen molar-refractivity contribution in [3.05, 3.63) is 24.3 Å². The van der Waals surface area contributed by atoms with Crippen molar-refractivity contribution in [1.82, 2.24) is 5.01 Å². The minimum absolute atomic E-state index is 0.0914. The lowest BCUT2D eigenvalue weighted by molar-refractivity contribution is -0.145. The Morgan fingerprint density at radius 2 is 1.95 bits per heavy atom. The average Bonchev–Trinajstić information content (AvgIpc) is 2.43. The van der Waals surface area contributed by atoms with Gasteiger partial charge in [0.15, 0.2) is 6.61 Å². The van der Waals surface area contributed by atoms with Crippen molar-refractivity contribution in [1.29, 1.82) is 0 Å². The first-order chi connectivity index (χ1) is 10.0. The summed E-state index contributed by atoms with van der Waals surface area (Å²) in [6, 6.07) is 7.06. The molecule has 0 aliphatic carbocycles. The molecule has 0 bridgehead atoms. The molecule has 1 aromatic carbocycles. The molecule has 6 heteroatoms. The first-order valence-electron chi connectivity index (χ1n) is 7.02. The molecule has 0 fully saturated rings. The quantitative estimate of drug-likeness (QED) is 0.419. The summed E-state index contributed by atoms with van der Waals surface area (Å²) in [7, 11) is 1.89. The van der Waals surface area contributed by atoms with Crippen LogP contribution >= 0.6 is 0 Å². The van der Waals surface area contributed by atoms with Gasteiger partial charge in [0, 0.05) is 13.6 Å². The standard InChI is InChI=1S/C15H23N3O3/c1-5-20-15(19)11-21-14-8-6-13(7-9-14)16-17-18(4)10-12(2)3/h6-9,12H,5,10-11H2,1-4H3. The van der Waals surface area contributed by atoms with Crippen LogP contribution in [0.2, 0.25) is 0 Å². The van der Waals surface area contributed by atoms with Gasteiger partial charge in [-0.05, 0) is 37.1 Å².